The Morgan fingerprint density at radius 1 is 0.964 bits per heavy atom. The van der Waals surface area contributed by atoms with Crippen molar-refractivity contribution in [3.05, 3.63) is 70.7 Å². The number of fused-ring (bicyclic) bond motifs is 8. The number of benzene rings is 1. The van der Waals surface area contributed by atoms with E-state index in [4.69, 9.17) is 9.15 Å². The predicted octanol–water partition coefficient (Wildman–Crippen LogP) is 10.7. The summed E-state index contributed by atoms with van der Waals surface area (Å²) in [5.41, 5.74) is 1.93. The first-order valence-electron chi connectivity index (χ1n) is 22.5. The lowest BCUT2D eigenvalue weighted by Gasteiger charge is -2.58. The molecule has 2 N–H and O–H groups in total. The Morgan fingerprint density at radius 2 is 1.70 bits per heavy atom. The highest BCUT2D eigenvalue weighted by atomic mass is 16.6. The Hall–Kier alpha value is -2.90. The topological polar surface area (TPSA) is 100 Å². The number of rotatable bonds is 8. The normalized spacial score (nSPS) is 38.2. The van der Waals surface area contributed by atoms with Gasteiger partial charge in [0.05, 0.1) is 24.5 Å². The van der Waals surface area contributed by atoms with Gasteiger partial charge in [0.15, 0.2) is 5.76 Å². The Balaban J connectivity index is 1.16. The number of hydrogen-bond donors (Lipinski definition) is 2. The molecule has 6 fully saturated rings. The molecule has 7 nitrogen and oxygen atoms in total. The standard InChI is InChI=1S/C49H69NO6/c1-31(2)39-14-11-33(4)20-44(39)56-46(53)50(29-48-26-35-21-36(27-48)23-37(22-35)28-48)30-49(54)18-16-42-40-15-12-34(25-41(40)45(52)43-9-7-19-55-43)24-38(51)13-10-32(3)8-6-17-47(42,49)5/h7-9,12,15,19,25,31,33,35-39,42,44,51,54H,6,10-11,13-14,16-18,20-24,26-30H2,1-5H3/t33-,35?,36?,37?,38-,39+,42-,44-,47-,48?,49+/m0/s1. The summed E-state index contributed by atoms with van der Waals surface area (Å²) in [6.07, 6.45) is 18.3. The van der Waals surface area contributed by atoms with E-state index >= 15 is 0 Å². The van der Waals surface area contributed by atoms with Gasteiger partial charge in [-0.2, -0.15) is 0 Å². The van der Waals surface area contributed by atoms with Gasteiger partial charge in [-0.3, -0.25) is 4.79 Å². The van der Waals surface area contributed by atoms with Gasteiger partial charge in [-0.1, -0.05) is 57.9 Å². The molecule has 8 aliphatic rings. The molecule has 7 atom stereocenters. The number of aliphatic hydroxyl groups excluding tert-OH is 1. The van der Waals surface area contributed by atoms with Crippen LogP contribution in [0.15, 0.2) is 52.7 Å². The molecular weight excluding hydrogens is 699 g/mol. The number of hydrogen-bond acceptors (Lipinski definition) is 6. The van der Waals surface area contributed by atoms with Crippen molar-refractivity contribution < 1.29 is 29.0 Å². The van der Waals surface area contributed by atoms with Crippen LogP contribution in [-0.2, 0) is 11.2 Å². The van der Waals surface area contributed by atoms with E-state index in [0.29, 0.717) is 67.7 Å². The van der Waals surface area contributed by atoms with Crippen LogP contribution in [0.5, 0.6) is 0 Å². The van der Waals surface area contributed by atoms with Gasteiger partial charge in [0, 0.05) is 17.5 Å². The maximum Gasteiger partial charge on any atom is 0.410 e. The highest BCUT2D eigenvalue weighted by Gasteiger charge is 2.59. The monoisotopic (exact) mass is 768 g/mol. The van der Waals surface area contributed by atoms with Crippen molar-refractivity contribution in [2.75, 3.05) is 13.1 Å². The van der Waals surface area contributed by atoms with E-state index in [1.807, 2.05) is 11.0 Å². The zero-order valence-electron chi connectivity index (χ0n) is 34.9. The second-order valence-corrected chi connectivity index (χ2v) is 20.8. The second kappa shape index (κ2) is 15.7. The van der Waals surface area contributed by atoms with Crippen LogP contribution in [0.3, 0.4) is 0 Å². The molecule has 8 aliphatic carbocycles. The van der Waals surface area contributed by atoms with Gasteiger partial charge >= 0.3 is 6.09 Å². The summed E-state index contributed by atoms with van der Waals surface area (Å²) in [7, 11) is 0. The predicted molar refractivity (Wildman–Crippen MR) is 219 cm³/mol. The molecule has 0 spiro atoms. The van der Waals surface area contributed by atoms with Gasteiger partial charge in [0.25, 0.3) is 0 Å². The molecule has 56 heavy (non-hydrogen) atoms. The number of furan rings is 1. The van der Waals surface area contributed by atoms with Crippen molar-refractivity contribution in [1.82, 2.24) is 4.90 Å². The number of carbonyl (C=O) groups excluding carboxylic acids is 2. The fourth-order valence-corrected chi connectivity index (χ4v) is 13.6. The largest absolute Gasteiger partial charge is 0.461 e. The fourth-order valence-electron chi connectivity index (χ4n) is 13.6. The van der Waals surface area contributed by atoms with Crippen LogP contribution in [0.4, 0.5) is 4.79 Å². The first-order valence-corrected chi connectivity index (χ1v) is 22.5. The van der Waals surface area contributed by atoms with Crippen molar-refractivity contribution in [3.63, 3.8) is 0 Å². The van der Waals surface area contributed by atoms with Gasteiger partial charge in [0.2, 0.25) is 5.78 Å². The molecule has 1 heterocycles. The molecule has 0 saturated heterocycles. The third kappa shape index (κ3) is 7.82. The summed E-state index contributed by atoms with van der Waals surface area (Å²) in [6, 6.07) is 9.57. The average Bonchev–Trinajstić information content (AvgIpc) is 3.76. The average molecular weight is 768 g/mol. The number of amides is 1. The van der Waals surface area contributed by atoms with E-state index in [1.165, 1.54) is 56.8 Å². The van der Waals surface area contributed by atoms with Crippen LogP contribution >= 0.6 is 0 Å². The zero-order chi connectivity index (χ0) is 39.4. The van der Waals surface area contributed by atoms with Gasteiger partial charge in [-0.05, 0) is 179 Å². The van der Waals surface area contributed by atoms with Gasteiger partial charge < -0.3 is 24.3 Å². The van der Waals surface area contributed by atoms with Crippen molar-refractivity contribution in [2.45, 2.75) is 161 Å². The van der Waals surface area contributed by atoms with Crippen LogP contribution in [0.2, 0.25) is 0 Å². The molecule has 7 heteroatoms. The van der Waals surface area contributed by atoms with Crippen LogP contribution in [0.1, 0.15) is 164 Å². The Kier molecular flexibility index (Phi) is 11.2. The van der Waals surface area contributed by atoms with E-state index < -0.39 is 17.1 Å². The molecule has 10 rings (SSSR count). The quantitative estimate of drug-likeness (QED) is 0.205. The third-order valence-corrected chi connectivity index (χ3v) is 16.3. The maximum atomic E-state index is 14.9. The Morgan fingerprint density at radius 3 is 2.38 bits per heavy atom. The minimum atomic E-state index is -1.20. The van der Waals surface area contributed by atoms with Crippen molar-refractivity contribution in [1.29, 1.82) is 0 Å². The van der Waals surface area contributed by atoms with E-state index in [0.717, 1.165) is 54.6 Å². The van der Waals surface area contributed by atoms with Crippen LogP contribution in [-0.4, -0.2) is 57.9 Å². The number of ether oxygens (including phenoxy) is 1. The maximum absolute atomic E-state index is 14.9. The second-order valence-electron chi connectivity index (χ2n) is 20.8. The number of ketones is 1. The molecule has 1 amide bonds. The zero-order valence-corrected chi connectivity index (χ0v) is 34.9. The SMILES string of the molecule is CC1=CCC[C@@]2(C)[C@@H](CC[C@@]2(O)CN(CC23CC4CC(CC(C4)C2)C3)C(=O)O[C@H]2C[C@@H](C)CC[C@@H]2C(C)C)c2ccc(cc2C(=O)c2ccco2)C[C@@H](O)CC1. The van der Waals surface area contributed by atoms with E-state index in [1.54, 1.807) is 12.1 Å². The fraction of sp³-hybridized carbons (Fsp3) is 0.714. The summed E-state index contributed by atoms with van der Waals surface area (Å²) >= 11 is 0. The summed E-state index contributed by atoms with van der Waals surface area (Å²) < 4.78 is 12.4. The van der Waals surface area contributed by atoms with E-state index in [9.17, 15) is 19.8 Å². The molecule has 0 unspecified atom stereocenters. The number of aliphatic hydroxyl groups is 2. The van der Waals surface area contributed by atoms with Crippen molar-refractivity contribution in [3.8, 4) is 0 Å². The van der Waals surface area contributed by atoms with Crippen molar-refractivity contribution >= 4 is 11.9 Å². The molecule has 0 radical (unpaired) electrons. The Bertz CT molecular complexity index is 1730. The molecule has 6 saturated carbocycles. The lowest BCUT2D eigenvalue weighted by Crippen LogP contribution is -2.58. The molecular formula is C49H69NO6. The number of allylic oxidation sites excluding steroid dienone is 2. The highest BCUT2D eigenvalue weighted by molar-refractivity contribution is 6.08. The number of carbonyl (C=O) groups is 2. The Labute approximate surface area is 336 Å². The van der Waals surface area contributed by atoms with Crippen molar-refractivity contribution in [2.24, 2.45) is 46.3 Å². The van der Waals surface area contributed by atoms with E-state index in [-0.39, 0.29) is 35.9 Å². The summed E-state index contributed by atoms with van der Waals surface area (Å²) in [5.74, 6) is 3.55. The highest BCUT2D eigenvalue weighted by Crippen LogP contribution is 2.62. The minimum Gasteiger partial charge on any atom is -0.461 e. The molecule has 6 bridgehead atoms. The smallest absolute Gasteiger partial charge is 0.410 e. The van der Waals surface area contributed by atoms with Crippen LogP contribution in [0.25, 0.3) is 0 Å². The first-order chi connectivity index (χ1) is 26.7. The molecule has 2 aromatic rings. The molecule has 306 valence electrons. The number of nitrogens with zero attached hydrogens (tertiary/aromatic N) is 1. The minimum absolute atomic E-state index is 0.0898. The summed E-state index contributed by atoms with van der Waals surface area (Å²) in [4.78, 5) is 31.2. The summed E-state index contributed by atoms with van der Waals surface area (Å²) in [6.45, 7) is 12.1. The molecule has 1 aromatic carbocycles. The van der Waals surface area contributed by atoms with Crippen LogP contribution < -0.4 is 0 Å². The van der Waals surface area contributed by atoms with Crippen LogP contribution in [0, 0.1) is 46.3 Å². The first kappa shape index (κ1) is 39.9. The van der Waals surface area contributed by atoms with Gasteiger partial charge in [-0.25, -0.2) is 4.79 Å². The van der Waals surface area contributed by atoms with Gasteiger partial charge in [-0.15, -0.1) is 0 Å². The lowest BCUT2D eigenvalue weighted by atomic mass is 9.49. The van der Waals surface area contributed by atoms with Gasteiger partial charge in [0.1, 0.15) is 6.10 Å². The lowest BCUT2D eigenvalue weighted by molar-refractivity contribution is -0.108. The van der Waals surface area contributed by atoms with E-state index in [2.05, 4.69) is 52.8 Å². The third-order valence-electron chi connectivity index (χ3n) is 16.3. The summed E-state index contributed by atoms with van der Waals surface area (Å²) in [5, 5.41) is 24.4. The molecule has 0 aliphatic heterocycles. The molecule has 1 aromatic heterocycles.